The van der Waals surface area contributed by atoms with Crippen molar-refractivity contribution in [2.45, 2.75) is 6.04 Å². The van der Waals surface area contributed by atoms with Gasteiger partial charge in [-0.15, -0.1) is 0 Å². The number of rotatable bonds is 3. The lowest BCUT2D eigenvalue weighted by atomic mass is 9.99. The van der Waals surface area contributed by atoms with Crippen molar-refractivity contribution in [3.8, 4) is 0 Å². The second-order valence-electron chi connectivity index (χ2n) is 4.01. The quantitative estimate of drug-likeness (QED) is 0.719. The molecular formula is C14H11BrCl3N. The Morgan fingerprint density at radius 3 is 2.16 bits per heavy atom. The Morgan fingerprint density at radius 1 is 0.947 bits per heavy atom. The molecule has 5 heteroatoms. The van der Waals surface area contributed by atoms with Crippen LogP contribution in [0.15, 0.2) is 40.9 Å². The number of halogens is 4. The zero-order valence-corrected chi connectivity index (χ0v) is 13.9. The summed E-state index contributed by atoms with van der Waals surface area (Å²) in [6.07, 6.45) is 0. The molecule has 1 N–H and O–H groups in total. The fourth-order valence-corrected chi connectivity index (χ4v) is 3.00. The van der Waals surface area contributed by atoms with Gasteiger partial charge in [0.15, 0.2) is 0 Å². The summed E-state index contributed by atoms with van der Waals surface area (Å²) >= 11 is 22.1. The third-order valence-corrected chi connectivity index (χ3v) is 5.02. The Labute approximate surface area is 136 Å². The second kappa shape index (κ2) is 6.47. The summed E-state index contributed by atoms with van der Waals surface area (Å²) < 4.78 is 0.852. The van der Waals surface area contributed by atoms with Crippen molar-refractivity contribution in [1.29, 1.82) is 0 Å². The SMILES string of the molecule is CNC(c1cccc(Cl)c1Cl)c1cccc(Br)c1Cl. The molecule has 1 nitrogen and oxygen atoms in total. The Bertz CT molecular complexity index is 550. The van der Waals surface area contributed by atoms with E-state index in [0.717, 1.165) is 15.6 Å². The van der Waals surface area contributed by atoms with Gasteiger partial charge in [-0.3, -0.25) is 0 Å². The molecule has 0 radical (unpaired) electrons. The third-order valence-electron chi connectivity index (χ3n) is 2.87. The molecule has 2 rings (SSSR count). The van der Waals surface area contributed by atoms with Crippen molar-refractivity contribution in [3.05, 3.63) is 67.1 Å². The van der Waals surface area contributed by atoms with Crippen LogP contribution in [0, 0.1) is 0 Å². The molecule has 1 unspecified atom stereocenters. The lowest BCUT2D eigenvalue weighted by Gasteiger charge is -2.20. The highest BCUT2D eigenvalue weighted by Crippen LogP contribution is 2.37. The summed E-state index contributed by atoms with van der Waals surface area (Å²) in [7, 11) is 1.86. The van der Waals surface area contributed by atoms with Crippen molar-refractivity contribution in [3.63, 3.8) is 0 Å². The highest BCUT2D eigenvalue weighted by molar-refractivity contribution is 9.10. The fourth-order valence-electron chi connectivity index (χ4n) is 1.97. The molecule has 19 heavy (non-hydrogen) atoms. The minimum absolute atomic E-state index is 0.115. The molecule has 0 aliphatic carbocycles. The lowest BCUT2D eigenvalue weighted by Crippen LogP contribution is -2.18. The number of hydrogen-bond acceptors (Lipinski definition) is 1. The van der Waals surface area contributed by atoms with Crippen molar-refractivity contribution in [1.82, 2.24) is 5.32 Å². The van der Waals surface area contributed by atoms with E-state index in [9.17, 15) is 0 Å². The lowest BCUT2D eigenvalue weighted by molar-refractivity contribution is 0.692. The first-order valence-corrected chi connectivity index (χ1v) is 7.54. The molecule has 2 aromatic carbocycles. The molecule has 0 saturated carbocycles. The average Bonchev–Trinajstić information content (AvgIpc) is 2.40. The summed E-state index contributed by atoms with van der Waals surface area (Å²) in [4.78, 5) is 0. The van der Waals surface area contributed by atoms with Gasteiger partial charge in [0, 0.05) is 4.47 Å². The van der Waals surface area contributed by atoms with Crippen LogP contribution in [0.2, 0.25) is 15.1 Å². The minimum Gasteiger partial charge on any atom is -0.309 e. The van der Waals surface area contributed by atoms with E-state index in [1.54, 1.807) is 6.07 Å². The van der Waals surface area contributed by atoms with Gasteiger partial charge in [0.2, 0.25) is 0 Å². The Balaban J connectivity index is 2.57. The maximum absolute atomic E-state index is 6.35. The van der Waals surface area contributed by atoms with E-state index in [2.05, 4.69) is 21.2 Å². The molecule has 0 spiro atoms. The van der Waals surface area contributed by atoms with Crippen LogP contribution in [0.25, 0.3) is 0 Å². The van der Waals surface area contributed by atoms with Crippen molar-refractivity contribution in [2.24, 2.45) is 0 Å². The maximum atomic E-state index is 6.35. The molecule has 1 atom stereocenters. The monoisotopic (exact) mass is 377 g/mol. The van der Waals surface area contributed by atoms with E-state index in [0.29, 0.717) is 15.1 Å². The first kappa shape index (κ1) is 15.1. The van der Waals surface area contributed by atoms with Crippen molar-refractivity contribution < 1.29 is 0 Å². The first-order valence-electron chi connectivity index (χ1n) is 5.61. The van der Waals surface area contributed by atoms with Gasteiger partial charge in [-0.1, -0.05) is 59.1 Å². The molecule has 0 saturated heterocycles. The summed E-state index contributed by atoms with van der Waals surface area (Å²) in [5.74, 6) is 0. The highest BCUT2D eigenvalue weighted by atomic mass is 79.9. The Morgan fingerprint density at radius 2 is 1.53 bits per heavy atom. The molecule has 0 amide bonds. The van der Waals surface area contributed by atoms with Gasteiger partial charge in [-0.25, -0.2) is 0 Å². The Kier molecular flexibility index (Phi) is 5.15. The van der Waals surface area contributed by atoms with Gasteiger partial charge in [-0.2, -0.15) is 0 Å². The van der Waals surface area contributed by atoms with Crippen LogP contribution in [-0.2, 0) is 0 Å². The minimum atomic E-state index is -0.115. The molecule has 0 aliphatic rings. The average molecular weight is 380 g/mol. The van der Waals surface area contributed by atoms with E-state index in [1.807, 2.05) is 37.4 Å². The summed E-state index contributed by atoms with van der Waals surface area (Å²) in [6.45, 7) is 0. The van der Waals surface area contributed by atoms with Crippen LogP contribution in [0.1, 0.15) is 17.2 Å². The standard InChI is InChI=1S/C14H11BrCl3N/c1-19-14(8-4-2-6-10(15)12(8)17)9-5-3-7-11(16)13(9)18/h2-7,14,19H,1H3. The van der Waals surface area contributed by atoms with Gasteiger partial charge in [0.1, 0.15) is 0 Å². The van der Waals surface area contributed by atoms with Gasteiger partial charge < -0.3 is 5.32 Å². The molecule has 0 aliphatic heterocycles. The molecule has 0 bridgehead atoms. The predicted molar refractivity (Wildman–Crippen MR) is 86.5 cm³/mol. The third kappa shape index (κ3) is 3.09. The summed E-state index contributed by atoms with van der Waals surface area (Å²) in [5, 5.41) is 4.96. The Hall–Kier alpha value is -0.250. The molecule has 0 aromatic heterocycles. The van der Waals surface area contributed by atoms with Crippen LogP contribution in [0.3, 0.4) is 0 Å². The largest absolute Gasteiger partial charge is 0.309 e. The van der Waals surface area contributed by atoms with Crippen LogP contribution in [-0.4, -0.2) is 7.05 Å². The highest BCUT2D eigenvalue weighted by Gasteiger charge is 2.19. The predicted octanol–water partition coefficient (Wildman–Crippen LogP) is 5.72. The maximum Gasteiger partial charge on any atom is 0.0643 e. The van der Waals surface area contributed by atoms with E-state index < -0.39 is 0 Å². The van der Waals surface area contributed by atoms with Gasteiger partial charge in [0.25, 0.3) is 0 Å². The van der Waals surface area contributed by atoms with E-state index in [-0.39, 0.29) is 6.04 Å². The van der Waals surface area contributed by atoms with E-state index >= 15 is 0 Å². The molecule has 2 aromatic rings. The second-order valence-corrected chi connectivity index (χ2v) is 6.03. The zero-order chi connectivity index (χ0) is 14.0. The molecule has 100 valence electrons. The van der Waals surface area contributed by atoms with Crippen molar-refractivity contribution >= 4 is 50.7 Å². The summed E-state index contributed by atoms with van der Waals surface area (Å²) in [6, 6.07) is 11.3. The van der Waals surface area contributed by atoms with Crippen LogP contribution >= 0.6 is 50.7 Å². The topological polar surface area (TPSA) is 12.0 Å². The van der Waals surface area contributed by atoms with Crippen LogP contribution in [0.5, 0.6) is 0 Å². The van der Waals surface area contributed by atoms with Crippen molar-refractivity contribution in [2.75, 3.05) is 7.05 Å². The summed E-state index contributed by atoms with van der Waals surface area (Å²) in [5.41, 5.74) is 1.85. The smallest absolute Gasteiger partial charge is 0.0643 e. The van der Waals surface area contributed by atoms with Gasteiger partial charge in [-0.05, 0) is 46.2 Å². The zero-order valence-electron chi connectivity index (χ0n) is 10.1. The molecular weight excluding hydrogens is 368 g/mol. The fraction of sp³-hybridized carbons (Fsp3) is 0.143. The van der Waals surface area contributed by atoms with Gasteiger partial charge >= 0.3 is 0 Å². The number of benzene rings is 2. The van der Waals surface area contributed by atoms with E-state index in [4.69, 9.17) is 34.8 Å². The van der Waals surface area contributed by atoms with Crippen LogP contribution < -0.4 is 5.32 Å². The molecule has 0 heterocycles. The normalized spacial score (nSPS) is 12.5. The van der Waals surface area contributed by atoms with Crippen LogP contribution in [0.4, 0.5) is 0 Å². The molecule has 0 fully saturated rings. The first-order chi connectivity index (χ1) is 9.06. The van der Waals surface area contributed by atoms with Gasteiger partial charge in [0.05, 0.1) is 21.1 Å². The van der Waals surface area contributed by atoms with E-state index in [1.165, 1.54) is 0 Å². The number of hydrogen-bond donors (Lipinski definition) is 1. The number of nitrogens with one attached hydrogen (secondary N) is 1.